The number of aliphatic hydroxyl groups is 1. The predicted molar refractivity (Wildman–Crippen MR) is 80.5 cm³/mol. The van der Waals surface area contributed by atoms with Crippen LogP contribution >= 0.6 is 0 Å². The smallest absolute Gasteiger partial charge is 0.392 e. The minimum atomic E-state index is -4.52. The minimum absolute atomic E-state index is 0.0320. The topological polar surface area (TPSA) is 68.3 Å². The quantitative estimate of drug-likeness (QED) is 0.929. The van der Waals surface area contributed by atoms with Crippen molar-refractivity contribution in [2.45, 2.75) is 51.4 Å². The van der Waals surface area contributed by atoms with Gasteiger partial charge in [0.25, 0.3) is 0 Å². The van der Waals surface area contributed by atoms with Crippen LogP contribution in [0.2, 0.25) is 0 Å². The second kappa shape index (κ2) is 5.77. The highest BCUT2D eigenvalue weighted by Gasteiger charge is 2.34. The van der Waals surface area contributed by atoms with Gasteiger partial charge in [-0.3, -0.25) is 0 Å². The molecule has 0 fully saturated rings. The Morgan fingerprint density at radius 1 is 1.17 bits per heavy atom. The third-order valence-corrected chi connectivity index (χ3v) is 3.52. The molecule has 0 radical (unpaired) electrons. The SMILES string of the molecule is CC(C)(C)c1nn(CC(C)(O)c2cccc(C(F)(F)F)c2)c(=O)o1. The average molecular weight is 344 g/mol. The summed E-state index contributed by atoms with van der Waals surface area (Å²) in [5, 5.41) is 14.6. The summed E-state index contributed by atoms with van der Waals surface area (Å²) in [7, 11) is 0. The second-order valence-corrected chi connectivity index (χ2v) is 6.93. The van der Waals surface area contributed by atoms with Crippen LogP contribution in [0.15, 0.2) is 33.5 Å². The fraction of sp³-hybridized carbons (Fsp3) is 0.500. The van der Waals surface area contributed by atoms with E-state index in [-0.39, 0.29) is 18.0 Å². The largest absolute Gasteiger partial charge is 0.437 e. The molecule has 2 rings (SSSR count). The summed E-state index contributed by atoms with van der Waals surface area (Å²) in [5.41, 5.74) is -3.07. The van der Waals surface area contributed by atoms with Crippen LogP contribution in [0.25, 0.3) is 0 Å². The van der Waals surface area contributed by atoms with Gasteiger partial charge in [0.2, 0.25) is 5.89 Å². The maximum Gasteiger partial charge on any atom is 0.437 e. The van der Waals surface area contributed by atoms with Gasteiger partial charge in [0.1, 0.15) is 5.60 Å². The van der Waals surface area contributed by atoms with Gasteiger partial charge in [0.05, 0.1) is 12.1 Å². The lowest BCUT2D eigenvalue weighted by atomic mass is 9.94. The van der Waals surface area contributed by atoms with Gasteiger partial charge in [0, 0.05) is 5.41 Å². The lowest BCUT2D eigenvalue weighted by Crippen LogP contribution is -2.33. The summed E-state index contributed by atoms with van der Waals surface area (Å²) in [6.07, 6.45) is -4.52. The molecule has 0 aliphatic heterocycles. The second-order valence-electron chi connectivity index (χ2n) is 6.93. The molecule has 0 spiro atoms. The standard InChI is InChI=1S/C16H19F3N2O3/c1-14(2,3)12-20-21(13(22)24-12)9-15(4,23)10-6-5-7-11(8-10)16(17,18)19/h5-8,23H,9H2,1-4H3. The Bertz CT molecular complexity index is 783. The Kier molecular flexibility index (Phi) is 4.39. The van der Waals surface area contributed by atoms with Crippen molar-refractivity contribution in [1.29, 1.82) is 0 Å². The third-order valence-electron chi connectivity index (χ3n) is 3.52. The molecule has 24 heavy (non-hydrogen) atoms. The van der Waals surface area contributed by atoms with Gasteiger partial charge in [-0.2, -0.15) is 17.9 Å². The van der Waals surface area contributed by atoms with Crippen molar-refractivity contribution in [3.8, 4) is 0 Å². The lowest BCUT2D eigenvalue weighted by molar-refractivity contribution is -0.137. The molecule has 1 N–H and O–H groups in total. The van der Waals surface area contributed by atoms with Gasteiger partial charge in [0.15, 0.2) is 0 Å². The zero-order valence-corrected chi connectivity index (χ0v) is 13.8. The highest BCUT2D eigenvalue weighted by atomic mass is 19.4. The zero-order valence-electron chi connectivity index (χ0n) is 13.8. The summed E-state index contributed by atoms with van der Waals surface area (Å²) in [4.78, 5) is 11.9. The number of benzene rings is 1. The summed E-state index contributed by atoms with van der Waals surface area (Å²) < 4.78 is 44.4. The van der Waals surface area contributed by atoms with Crippen molar-refractivity contribution >= 4 is 0 Å². The Morgan fingerprint density at radius 3 is 2.25 bits per heavy atom. The number of halogens is 3. The van der Waals surface area contributed by atoms with Gasteiger partial charge in [-0.1, -0.05) is 32.9 Å². The van der Waals surface area contributed by atoms with E-state index in [1.807, 2.05) is 0 Å². The van der Waals surface area contributed by atoms with Crippen molar-refractivity contribution < 1.29 is 22.7 Å². The zero-order chi connectivity index (χ0) is 18.3. The Balaban J connectivity index is 2.36. The summed E-state index contributed by atoms with van der Waals surface area (Å²) >= 11 is 0. The van der Waals surface area contributed by atoms with Gasteiger partial charge in [-0.05, 0) is 24.6 Å². The monoisotopic (exact) mass is 344 g/mol. The molecule has 0 saturated carbocycles. The molecular formula is C16H19F3N2O3. The first kappa shape index (κ1) is 18.3. The number of hydrogen-bond acceptors (Lipinski definition) is 4. The minimum Gasteiger partial charge on any atom is -0.392 e. The number of nitrogens with zero attached hydrogens (tertiary/aromatic N) is 2. The first-order valence-electron chi connectivity index (χ1n) is 7.29. The van der Waals surface area contributed by atoms with Crippen LogP contribution in [0.1, 0.15) is 44.7 Å². The van der Waals surface area contributed by atoms with E-state index in [9.17, 15) is 23.1 Å². The van der Waals surface area contributed by atoms with Crippen LogP contribution in [0.4, 0.5) is 13.2 Å². The van der Waals surface area contributed by atoms with Crippen molar-refractivity contribution in [1.82, 2.24) is 9.78 Å². The molecule has 0 amide bonds. The average Bonchev–Trinajstić information content (AvgIpc) is 2.79. The van der Waals surface area contributed by atoms with Gasteiger partial charge >= 0.3 is 11.9 Å². The molecular weight excluding hydrogens is 325 g/mol. The van der Waals surface area contributed by atoms with Crippen LogP contribution < -0.4 is 5.76 Å². The van der Waals surface area contributed by atoms with E-state index < -0.39 is 28.5 Å². The van der Waals surface area contributed by atoms with E-state index in [4.69, 9.17) is 4.42 Å². The lowest BCUT2D eigenvalue weighted by Gasteiger charge is -2.24. The Labute approximate surface area is 136 Å². The maximum atomic E-state index is 12.8. The Morgan fingerprint density at radius 2 is 1.75 bits per heavy atom. The molecule has 0 saturated heterocycles. The summed E-state index contributed by atoms with van der Waals surface area (Å²) in [6.45, 7) is 6.39. The maximum absolute atomic E-state index is 12.8. The van der Waals surface area contributed by atoms with Gasteiger partial charge < -0.3 is 9.52 Å². The van der Waals surface area contributed by atoms with Crippen LogP contribution in [-0.2, 0) is 23.7 Å². The Hall–Kier alpha value is -2.09. The van der Waals surface area contributed by atoms with E-state index in [0.717, 1.165) is 16.8 Å². The van der Waals surface area contributed by atoms with Crippen molar-refractivity contribution in [3.05, 3.63) is 51.8 Å². The molecule has 1 atom stereocenters. The molecule has 0 aliphatic rings. The van der Waals surface area contributed by atoms with E-state index in [2.05, 4.69) is 5.10 Å². The molecule has 0 aliphatic carbocycles. The fourth-order valence-corrected chi connectivity index (χ4v) is 2.12. The van der Waals surface area contributed by atoms with Crippen molar-refractivity contribution in [2.75, 3.05) is 0 Å². The molecule has 1 aromatic heterocycles. The summed E-state index contributed by atoms with van der Waals surface area (Å²) in [5.74, 6) is -0.584. The molecule has 8 heteroatoms. The normalized spacial score (nSPS) is 15.3. The van der Waals surface area contributed by atoms with E-state index in [0.29, 0.717) is 0 Å². The van der Waals surface area contributed by atoms with Gasteiger partial charge in [-0.25, -0.2) is 4.79 Å². The molecule has 1 heterocycles. The van der Waals surface area contributed by atoms with Crippen LogP contribution in [0, 0.1) is 0 Å². The molecule has 0 bridgehead atoms. The van der Waals surface area contributed by atoms with Gasteiger partial charge in [-0.15, -0.1) is 5.10 Å². The highest BCUT2D eigenvalue weighted by molar-refractivity contribution is 5.29. The number of aromatic nitrogens is 2. The molecule has 5 nitrogen and oxygen atoms in total. The van der Waals surface area contributed by atoms with E-state index in [1.54, 1.807) is 20.8 Å². The van der Waals surface area contributed by atoms with E-state index >= 15 is 0 Å². The first-order valence-corrected chi connectivity index (χ1v) is 7.29. The molecule has 1 unspecified atom stereocenters. The molecule has 1 aromatic carbocycles. The van der Waals surface area contributed by atoms with Crippen LogP contribution in [0.3, 0.4) is 0 Å². The van der Waals surface area contributed by atoms with E-state index in [1.165, 1.54) is 19.1 Å². The fourth-order valence-electron chi connectivity index (χ4n) is 2.12. The third kappa shape index (κ3) is 3.87. The number of hydrogen-bond donors (Lipinski definition) is 1. The number of alkyl halides is 3. The summed E-state index contributed by atoms with van der Waals surface area (Å²) in [6, 6.07) is 4.35. The van der Waals surface area contributed by atoms with Crippen LogP contribution in [0.5, 0.6) is 0 Å². The first-order chi connectivity index (χ1) is 10.8. The highest BCUT2D eigenvalue weighted by Crippen LogP contribution is 2.32. The van der Waals surface area contributed by atoms with Crippen LogP contribution in [-0.4, -0.2) is 14.9 Å². The predicted octanol–water partition coefficient (Wildman–Crippen LogP) is 3.06. The molecule has 132 valence electrons. The molecule has 2 aromatic rings. The van der Waals surface area contributed by atoms with Crippen molar-refractivity contribution in [3.63, 3.8) is 0 Å². The van der Waals surface area contributed by atoms with Crippen molar-refractivity contribution in [2.24, 2.45) is 0 Å². The number of rotatable bonds is 3.